The molecule has 0 spiro atoms. The third kappa shape index (κ3) is 1.93. The average molecular weight is 332 g/mol. The summed E-state index contributed by atoms with van der Waals surface area (Å²) in [5.41, 5.74) is 1.40. The molecule has 3 aromatic carbocycles. The van der Waals surface area contributed by atoms with Crippen molar-refractivity contribution in [2.75, 3.05) is 0 Å². The third-order valence-electron chi connectivity index (χ3n) is 3.27. The summed E-state index contributed by atoms with van der Waals surface area (Å²) in [5.74, 6) is 0. The highest BCUT2D eigenvalue weighted by Gasteiger charge is 2.01. The standard InChI is InChI=1S/C16H13I/c1-2-11-3-7-15-12(9-11)4-5-13-10-14(17)6-8-16(13)15/h3-10H,2H2,1H3. The number of rotatable bonds is 1. The van der Waals surface area contributed by atoms with Crippen LogP contribution in [0.15, 0.2) is 48.5 Å². The van der Waals surface area contributed by atoms with E-state index in [2.05, 4.69) is 78.0 Å². The van der Waals surface area contributed by atoms with Crippen LogP contribution in [0.25, 0.3) is 21.5 Å². The predicted molar refractivity (Wildman–Crippen MR) is 83.5 cm³/mol. The van der Waals surface area contributed by atoms with Gasteiger partial charge in [0.05, 0.1) is 0 Å². The van der Waals surface area contributed by atoms with Gasteiger partial charge in [0.1, 0.15) is 0 Å². The van der Waals surface area contributed by atoms with Crippen molar-refractivity contribution < 1.29 is 0 Å². The molecular weight excluding hydrogens is 319 g/mol. The van der Waals surface area contributed by atoms with Gasteiger partial charge in [0.2, 0.25) is 0 Å². The summed E-state index contributed by atoms with van der Waals surface area (Å²) in [6.07, 6.45) is 1.10. The van der Waals surface area contributed by atoms with Crippen molar-refractivity contribution in [1.29, 1.82) is 0 Å². The molecule has 1 heteroatoms. The number of benzene rings is 3. The van der Waals surface area contributed by atoms with Gasteiger partial charge in [-0.25, -0.2) is 0 Å². The normalized spacial score (nSPS) is 11.2. The predicted octanol–water partition coefficient (Wildman–Crippen LogP) is 5.16. The summed E-state index contributed by atoms with van der Waals surface area (Å²) in [7, 11) is 0. The minimum Gasteiger partial charge on any atom is -0.0613 e. The summed E-state index contributed by atoms with van der Waals surface area (Å²) in [4.78, 5) is 0. The van der Waals surface area contributed by atoms with Crippen LogP contribution in [-0.4, -0.2) is 0 Å². The number of aryl methyl sites for hydroxylation is 1. The second kappa shape index (κ2) is 4.30. The molecule has 0 aliphatic carbocycles. The van der Waals surface area contributed by atoms with E-state index in [1.807, 2.05) is 0 Å². The van der Waals surface area contributed by atoms with Crippen LogP contribution in [0.4, 0.5) is 0 Å². The highest BCUT2D eigenvalue weighted by molar-refractivity contribution is 14.1. The molecule has 0 unspecified atom stereocenters. The van der Waals surface area contributed by atoms with Gasteiger partial charge < -0.3 is 0 Å². The molecule has 3 aromatic rings. The molecule has 0 fully saturated rings. The van der Waals surface area contributed by atoms with Gasteiger partial charge in [-0.05, 0) is 68.3 Å². The second-order valence-electron chi connectivity index (χ2n) is 4.34. The number of halogens is 1. The van der Waals surface area contributed by atoms with E-state index < -0.39 is 0 Å². The summed E-state index contributed by atoms with van der Waals surface area (Å²) in [6.45, 7) is 2.20. The Kier molecular flexibility index (Phi) is 2.79. The molecule has 0 amide bonds. The van der Waals surface area contributed by atoms with E-state index in [9.17, 15) is 0 Å². The third-order valence-corrected chi connectivity index (χ3v) is 3.94. The lowest BCUT2D eigenvalue weighted by molar-refractivity contribution is 1.15. The molecule has 0 heterocycles. The quantitative estimate of drug-likeness (QED) is 0.426. The van der Waals surface area contributed by atoms with Crippen molar-refractivity contribution in [3.05, 3.63) is 57.7 Å². The topological polar surface area (TPSA) is 0 Å². The van der Waals surface area contributed by atoms with E-state index in [1.165, 1.54) is 30.7 Å². The van der Waals surface area contributed by atoms with Crippen molar-refractivity contribution >= 4 is 44.1 Å². The molecular formula is C16H13I. The van der Waals surface area contributed by atoms with Crippen molar-refractivity contribution in [1.82, 2.24) is 0 Å². The van der Waals surface area contributed by atoms with Crippen LogP contribution in [0.2, 0.25) is 0 Å². The largest absolute Gasteiger partial charge is 0.0613 e. The highest BCUT2D eigenvalue weighted by atomic mass is 127. The van der Waals surface area contributed by atoms with Crippen molar-refractivity contribution in [3.8, 4) is 0 Å². The zero-order valence-electron chi connectivity index (χ0n) is 9.70. The summed E-state index contributed by atoms with van der Waals surface area (Å²) in [5, 5.41) is 5.38. The Morgan fingerprint density at radius 1 is 0.824 bits per heavy atom. The molecule has 0 radical (unpaired) electrons. The first kappa shape index (κ1) is 11.0. The van der Waals surface area contributed by atoms with E-state index in [-0.39, 0.29) is 0 Å². The van der Waals surface area contributed by atoms with Gasteiger partial charge in [-0.2, -0.15) is 0 Å². The molecule has 0 saturated carbocycles. The van der Waals surface area contributed by atoms with Gasteiger partial charge in [0.25, 0.3) is 0 Å². The van der Waals surface area contributed by atoms with Crippen LogP contribution >= 0.6 is 22.6 Å². The van der Waals surface area contributed by atoms with Gasteiger partial charge in [-0.15, -0.1) is 0 Å². The van der Waals surface area contributed by atoms with Gasteiger partial charge in [-0.3, -0.25) is 0 Å². The summed E-state index contributed by atoms with van der Waals surface area (Å²) < 4.78 is 1.29. The molecule has 0 nitrogen and oxygen atoms in total. The maximum atomic E-state index is 2.36. The number of hydrogen-bond donors (Lipinski definition) is 0. The minimum absolute atomic E-state index is 1.10. The molecule has 17 heavy (non-hydrogen) atoms. The van der Waals surface area contributed by atoms with Crippen molar-refractivity contribution in [3.63, 3.8) is 0 Å². The lowest BCUT2D eigenvalue weighted by Crippen LogP contribution is -1.82. The second-order valence-corrected chi connectivity index (χ2v) is 5.59. The van der Waals surface area contributed by atoms with Crippen LogP contribution < -0.4 is 0 Å². The summed E-state index contributed by atoms with van der Waals surface area (Å²) in [6, 6.07) is 17.9. The van der Waals surface area contributed by atoms with E-state index >= 15 is 0 Å². The molecule has 0 N–H and O–H groups in total. The zero-order chi connectivity index (χ0) is 11.8. The van der Waals surface area contributed by atoms with Crippen LogP contribution in [0.1, 0.15) is 12.5 Å². The van der Waals surface area contributed by atoms with Gasteiger partial charge in [-0.1, -0.05) is 43.3 Å². The van der Waals surface area contributed by atoms with Gasteiger partial charge in [0.15, 0.2) is 0 Å². The first-order valence-corrected chi connectivity index (χ1v) is 6.97. The average Bonchev–Trinajstić information content (AvgIpc) is 2.37. The number of fused-ring (bicyclic) bond motifs is 3. The zero-order valence-corrected chi connectivity index (χ0v) is 11.9. The molecule has 0 aliphatic heterocycles. The SMILES string of the molecule is CCc1ccc2c(ccc3cc(I)ccc32)c1. The molecule has 0 aliphatic rings. The maximum Gasteiger partial charge on any atom is 0.0136 e. The van der Waals surface area contributed by atoms with Crippen molar-refractivity contribution in [2.24, 2.45) is 0 Å². The van der Waals surface area contributed by atoms with E-state index in [4.69, 9.17) is 0 Å². The fourth-order valence-electron chi connectivity index (χ4n) is 2.31. The highest BCUT2D eigenvalue weighted by Crippen LogP contribution is 2.27. The fourth-order valence-corrected chi connectivity index (χ4v) is 2.83. The lowest BCUT2D eigenvalue weighted by Gasteiger charge is -2.06. The Labute approximate surface area is 115 Å². The van der Waals surface area contributed by atoms with E-state index in [1.54, 1.807) is 0 Å². The van der Waals surface area contributed by atoms with Gasteiger partial charge >= 0.3 is 0 Å². The van der Waals surface area contributed by atoms with Crippen LogP contribution in [0.3, 0.4) is 0 Å². The Hall–Kier alpha value is -1.09. The molecule has 0 saturated heterocycles. The molecule has 84 valence electrons. The van der Waals surface area contributed by atoms with Crippen LogP contribution in [-0.2, 0) is 6.42 Å². The van der Waals surface area contributed by atoms with E-state index in [0.717, 1.165) is 6.42 Å². The Morgan fingerprint density at radius 2 is 1.47 bits per heavy atom. The molecule has 0 bridgehead atoms. The van der Waals surface area contributed by atoms with E-state index in [0.29, 0.717) is 0 Å². The molecule has 0 aromatic heterocycles. The van der Waals surface area contributed by atoms with Crippen LogP contribution in [0.5, 0.6) is 0 Å². The van der Waals surface area contributed by atoms with Crippen LogP contribution in [0, 0.1) is 3.57 Å². The Balaban J connectivity index is 2.40. The van der Waals surface area contributed by atoms with Crippen molar-refractivity contribution in [2.45, 2.75) is 13.3 Å². The summed E-state index contributed by atoms with van der Waals surface area (Å²) >= 11 is 2.36. The molecule has 0 atom stereocenters. The first-order valence-electron chi connectivity index (χ1n) is 5.89. The van der Waals surface area contributed by atoms with Gasteiger partial charge in [0, 0.05) is 3.57 Å². The monoisotopic (exact) mass is 332 g/mol. The lowest BCUT2D eigenvalue weighted by atomic mass is 10.00. The Bertz CT molecular complexity index is 698. The number of hydrogen-bond acceptors (Lipinski definition) is 0. The smallest absolute Gasteiger partial charge is 0.0136 e. The Morgan fingerprint density at radius 3 is 2.18 bits per heavy atom. The fraction of sp³-hybridized carbons (Fsp3) is 0.125. The molecule has 3 rings (SSSR count). The minimum atomic E-state index is 1.10. The maximum absolute atomic E-state index is 2.36. The first-order chi connectivity index (χ1) is 8.28.